The van der Waals surface area contributed by atoms with Gasteiger partial charge in [-0.25, -0.2) is 4.98 Å². The predicted octanol–water partition coefficient (Wildman–Crippen LogP) is 1.06. The van der Waals surface area contributed by atoms with Gasteiger partial charge in [0.1, 0.15) is 0 Å². The van der Waals surface area contributed by atoms with Gasteiger partial charge in [-0.15, -0.1) is 0 Å². The lowest BCUT2D eigenvalue weighted by Crippen LogP contribution is -2.17. The molecule has 2 aromatic rings. The molecule has 0 atom stereocenters. The van der Waals surface area contributed by atoms with Gasteiger partial charge in [-0.3, -0.25) is 4.79 Å². The quantitative estimate of drug-likeness (QED) is 0.665. The summed E-state index contributed by atoms with van der Waals surface area (Å²) in [6.45, 7) is 0. The third-order valence-electron chi connectivity index (χ3n) is 2.00. The summed E-state index contributed by atoms with van der Waals surface area (Å²) in [6.07, 6.45) is 2.87. The van der Waals surface area contributed by atoms with Crippen LogP contribution in [0.1, 0.15) is 10.4 Å². The first-order valence-corrected chi connectivity index (χ1v) is 4.07. The number of hydrogen-bond donors (Lipinski definition) is 2. The number of pyridine rings is 1. The van der Waals surface area contributed by atoms with Gasteiger partial charge in [0.25, 0.3) is 5.91 Å². The van der Waals surface area contributed by atoms with Gasteiger partial charge in [-0.05, 0) is 0 Å². The Balaban J connectivity index is 2.64. The van der Waals surface area contributed by atoms with Crippen LogP contribution < -0.4 is 5.32 Å². The van der Waals surface area contributed by atoms with Crippen molar-refractivity contribution in [2.24, 2.45) is 0 Å². The van der Waals surface area contributed by atoms with E-state index >= 15 is 0 Å². The van der Waals surface area contributed by atoms with Crippen LogP contribution in [0.3, 0.4) is 0 Å². The van der Waals surface area contributed by atoms with Gasteiger partial charge in [0.2, 0.25) is 5.95 Å². The zero-order valence-electron chi connectivity index (χ0n) is 7.47. The summed E-state index contributed by atoms with van der Waals surface area (Å²) in [5, 5.41) is 3.11. The summed E-state index contributed by atoms with van der Waals surface area (Å²) < 4.78 is 12.7. The van der Waals surface area contributed by atoms with Crippen LogP contribution in [0, 0.1) is 5.95 Å². The summed E-state index contributed by atoms with van der Waals surface area (Å²) in [6, 6.07) is 1.25. The lowest BCUT2D eigenvalue weighted by Gasteiger charge is -1.95. The Labute approximate surface area is 79.1 Å². The largest absolute Gasteiger partial charge is 0.360 e. The van der Waals surface area contributed by atoms with Gasteiger partial charge in [0.05, 0.1) is 11.1 Å². The van der Waals surface area contributed by atoms with E-state index in [0.29, 0.717) is 16.5 Å². The summed E-state index contributed by atoms with van der Waals surface area (Å²) in [4.78, 5) is 17.6. The Kier molecular flexibility index (Phi) is 1.92. The van der Waals surface area contributed by atoms with Crippen molar-refractivity contribution in [1.29, 1.82) is 0 Å². The molecule has 2 rings (SSSR count). The van der Waals surface area contributed by atoms with E-state index in [4.69, 9.17) is 0 Å². The predicted molar refractivity (Wildman–Crippen MR) is 49.4 cm³/mol. The van der Waals surface area contributed by atoms with Gasteiger partial charge >= 0.3 is 0 Å². The number of aromatic amines is 1. The fraction of sp³-hybridized carbons (Fsp3) is 0.111. The molecule has 0 radical (unpaired) electrons. The SMILES string of the molecule is CNC(=O)c1c[nH]c2cc(F)ncc12. The number of carbonyl (C=O) groups is 1. The minimum Gasteiger partial charge on any atom is -0.360 e. The van der Waals surface area contributed by atoms with Crippen molar-refractivity contribution in [2.75, 3.05) is 7.05 Å². The molecule has 0 bridgehead atoms. The van der Waals surface area contributed by atoms with Crippen molar-refractivity contribution in [3.05, 3.63) is 30.0 Å². The lowest BCUT2D eigenvalue weighted by molar-refractivity contribution is 0.0964. The zero-order chi connectivity index (χ0) is 10.1. The minimum absolute atomic E-state index is 0.218. The molecule has 0 aliphatic carbocycles. The molecule has 1 amide bonds. The molecule has 0 spiro atoms. The topological polar surface area (TPSA) is 57.8 Å². The molecule has 5 heteroatoms. The molecule has 0 saturated carbocycles. The van der Waals surface area contributed by atoms with Gasteiger partial charge in [-0.1, -0.05) is 0 Å². The average molecular weight is 193 g/mol. The van der Waals surface area contributed by atoms with Crippen LogP contribution in [0.15, 0.2) is 18.5 Å². The molecule has 72 valence electrons. The second-order valence-electron chi connectivity index (χ2n) is 2.83. The van der Waals surface area contributed by atoms with Crippen molar-refractivity contribution in [2.45, 2.75) is 0 Å². The number of nitrogens with one attached hydrogen (secondary N) is 2. The highest BCUT2D eigenvalue weighted by Gasteiger charge is 2.10. The van der Waals surface area contributed by atoms with E-state index in [1.807, 2.05) is 0 Å². The number of nitrogens with zero attached hydrogens (tertiary/aromatic N) is 1. The van der Waals surface area contributed by atoms with Crippen molar-refractivity contribution >= 4 is 16.8 Å². The number of hydrogen-bond acceptors (Lipinski definition) is 2. The highest BCUT2D eigenvalue weighted by Crippen LogP contribution is 2.17. The van der Waals surface area contributed by atoms with E-state index in [1.165, 1.54) is 25.5 Å². The second kappa shape index (κ2) is 3.10. The van der Waals surface area contributed by atoms with E-state index in [-0.39, 0.29) is 5.91 Å². The molecule has 4 nitrogen and oxygen atoms in total. The standard InChI is InChI=1S/C9H8FN3O/c1-11-9(14)6-4-12-7-2-8(10)13-3-5(6)7/h2-4,12H,1H3,(H,11,14). The Morgan fingerprint density at radius 2 is 2.43 bits per heavy atom. The number of H-pyrrole nitrogens is 1. The fourth-order valence-electron chi connectivity index (χ4n) is 1.31. The summed E-state index contributed by atoms with van der Waals surface area (Å²) >= 11 is 0. The third-order valence-corrected chi connectivity index (χ3v) is 2.00. The fourth-order valence-corrected chi connectivity index (χ4v) is 1.31. The monoisotopic (exact) mass is 193 g/mol. The van der Waals surface area contributed by atoms with Gasteiger partial charge in [0.15, 0.2) is 0 Å². The summed E-state index contributed by atoms with van der Waals surface area (Å²) in [7, 11) is 1.54. The van der Waals surface area contributed by atoms with Crippen LogP contribution in [0.2, 0.25) is 0 Å². The molecule has 2 heterocycles. The first-order valence-electron chi connectivity index (χ1n) is 4.07. The zero-order valence-corrected chi connectivity index (χ0v) is 7.47. The van der Waals surface area contributed by atoms with Crippen LogP contribution >= 0.6 is 0 Å². The van der Waals surface area contributed by atoms with Crippen molar-refractivity contribution in [1.82, 2.24) is 15.3 Å². The van der Waals surface area contributed by atoms with Gasteiger partial charge in [0, 0.05) is 30.9 Å². The Bertz CT molecular complexity index is 492. The maximum Gasteiger partial charge on any atom is 0.253 e. The van der Waals surface area contributed by atoms with E-state index in [1.54, 1.807) is 0 Å². The molecule has 0 aliphatic heterocycles. The van der Waals surface area contributed by atoms with Crippen LogP contribution in [0.4, 0.5) is 4.39 Å². The molecule has 0 fully saturated rings. The van der Waals surface area contributed by atoms with Crippen molar-refractivity contribution in [3.63, 3.8) is 0 Å². The lowest BCUT2D eigenvalue weighted by atomic mass is 10.2. The average Bonchev–Trinajstić information content (AvgIpc) is 2.59. The molecular weight excluding hydrogens is 185 g/mol. The number of amides is 1. The van der Waals surface area contributed by atoms with Crippen LogP contribution in [0.5, 0.6) is 0 Å². The molecule has 0 aliphatic rings. The maximum atomic E-state index is 12.7. The molecule has 14 heavy (non-hydrogen) atoms. The molecule has 2 N–H and O–H groups in total. The van der Waals surface area contributed by atoms with E-state index in [2.05, 4.69) is 15.3 Å². The molecule has 2 aromatic heterocycles. The highest BCUT2D eigenvalue weighted by molar-refractivity contribution is 6.06. The Morgan fingerprint density at radius 1 is 1.64 bits per heavy atom. The number of fused-ring (bicyclic) bond motifs is 1. The van der Waals surface area contributed by atoms with Crippen LogP contribution in [0.25, 0.3) is 10.9 Å². The Morgan fingerprint density at radius 3 is 3.14 bits per heavy atom. The third kappa shape index (κ3) is 1.22. The molecule has 0 unspecified atom stereocenters. The second-order valence-corrected chi connectivity index (χ2v) is 2.83. The minimum atomic E-state index is -0.567. The number of aromatic nitrogens is 2. The van der Waals surface area contributed by atoms with Crippen LogP contribution in [-0.4, -0.2) is 22.9 Å². The van der Waals surface area contributed by atoms with Crippen molar-refractivity contribution in [3.8, 4) is 0 Å². The molecule has 0 aromatic carbocycles. The smallest absolute Gasteiger partial charge is 0.253 e. The van der Waals surface area contributed by atoms with E-state index in [0.717, 1.165) is 0 Å². The van der Waals surface area contributed by atoms with Gasteiger partial charge in [-0.2, -0.15) is 4.39 Å². The van der Waals surface area contributed by atoms with Crippen molar-refractivity contribution < 1.29 is 9.18 Å². The van der Waals surface area contributed by atoms with Gasteiger partial charge < -0.3 is 10.3 Å². The maximum absolute atomic E-state index is 12.7. The Hall–Kier alpha value is -1.91. The number of carbonyl (C=O) groups excluding carboxylic acids is 1. The summed E-state index contributed by atoms with van der Waals surface area (Å²) in [5.41, 5.74) is 1.03. The van der Waals surface area contributed by atoms with Crippen LogP contribution in [-0.2, 0) is 0 Å². The highest BCUT2D eigenvalue weighted by atomic mass is 19.1. The number of halogens is 1. The first kappa shape index (κ1) is 8.68. The van der Waals surface area contributed by atoms with E-state index < -0.39 is 5.95 Å². The number of rotatable bonds is 1. The molecule has 0 saturated heterocycles. The molecular formula is C9H8FN3O. The summed E-state index contributed by atoms with van der Waals surface area (Å²) in [5.74, 6) is -0.785. The normalized spacial score (nSPS) is 10.4. The van der Waals surface area contributed by atoms with E-state index in [9.17, 15) is 9.18 Å². The first-order chi connectivity index (χ1) is 6.72.